The van der Waals surface area contributed by atoms with Gasteiger partial charge in [-0.25, -0.2) is 0 Å². The van der Waals surface area contributed by atoms with Crippen molar-refractivity contribution in [3.8, 4) is 0 Å². The Morgan fingerprint density at radius 3 is 2.55 bits per heavy atom. The quantitative estimate of drug-likeness (QED) is 0.468. The molecule has 0 N–H and O–H groups in total. The van der Waals surface area contributed by atoms with Gasteiger partial charge in [0.15, 0.2) is 6.04 Å². The minimum Gasteiger partial charge on any atom is -0.632 e. The second-order valence-electron chi connectivity index (χ2n) is 6.22. The average Bonchev–Trinajstić information content (AvgIpc) is 2.48. The van der Waals surface area contributed by atoms with Crippen LogP contribution in [0.5, 0.6) is 0 Å². The normalized spacial score (nSPS) is 31.7. The Morgan fingerprint density at radius 1 is 1.23 bits per heavy atom. The van der Waals surface area contributed by atoms with Crippen molar-refractivity contribution < 1.29 is 9.38 Å². The van der Waals surface area contributed by atoms with E-state index in [9.17, 15) is 5.21 Å². The van der Waals surface area contributed by atoms with Crippen LogP contribution in [0.3, 0.4) is 0 Å². The van der Waals surface area contributed by atoms with Gasteiger partial charge in [-0.1, -0.05) is 53.5 Å². The van der Waals surface area contributed by atoms with Gasteiger partial charge in [0.1, 0.15) is 6.54 Å². The summed E-state index contributed by atoms with van der Waals surface area (Å²) in [6.45, 7) is 5.24. The number of halogens is 2. The summed E-state index contributed by atoms with van der Waals surface area (Å²) in [6, 6.07) is 9.28. The molecule has 0 aliphatic carbocycles. The van der Waals surface area contributed by atoms with Crippen LogP contribution in [0.2, 0.25) is 0 Å². The molecule has 122 valence electrons. The van der Waals surface area contributed by atoms with Crippen LogP contribution in [-0.2, 0) is 4.74 Å². The number of hydrogen-bond acceptors (Lipinski definition) is 3. The third kappa shape index (κ3) is 3.42. The maximum atomic E-state index is 13.1. The minimum absolute atomic E-state index is 0.263. The second-order valence-corrected chi connectivity index (χ2v) is 7.76. The van der Waals surface area contributed by atoms with Crippen LogP contribution in [0.15, 0.2) is 30.3 Å². The monoisotopic (exact) mass is 344 g/mol. The third-order valence-corrected chi connectivity index (χ3v) is 5.23. The number of rotatable bonds is 5. The zero-order valence-electron chi connectivity index (χ0n) is 12.6. The number of benzene rings is 1. The molecule has 2 atom stereocenters. The highest BCUT2D eigenvalue weighted by molar-refractivity contribution is 6.49. The predicted octanol–water partition coefficient (Wildman–Crippen LogP) is 2.95. The number of alkyl halides is 2. The van der Waals surface area contributed by atoms with E-state index in [-0.39, 0.29) is 17.2 Å². The predicted molar refractivity (Wildman–Crippen MR) is 88.9 cm³/mol. The van der Waals surface area contributed by atoms with E-state index in [1.807, 2.05) is 30.3 Å². The van der Waals surface area contributed by atoms with E-state index in [0.717, 1.165) is 44.8 Å². The van der Waals surface area contributed by atoms with E-state index in [1.165, 1.54) is 0 Å². The number of likely N-dealkylation sites (tertiary alicyclic amines) is 1. The van der Waals surface area contributed by atoms with E-state index in [1.54, 1.807) is 0 Å². The molecule has 2 aliphatic rings. The first kappa shape index (κ1) is 16.5. The van der Waals surface area contributed by atoms with Crippen molar-refractivity contribution in [3.63, 3.8) is 0 Å². The number of morpholine rings is 1. The van der Waals surface area contributed by atoms with E-state index < -0.39 is 4.33 Å². The molecule has 22 heavy (non-hydrogen) atoms. The average molecular weight is 345 g/mol. The van der Waals surface area contributed by atoms with Crippen molar-refractivity contribution >= 4 is 23.2 Å². The molecular formula is C16H22Cl2N2O2. The summed E-state index contributed by atoms with van der Waals surface area (Å²) < 4.78 is 4.06. The summed E-state index contributed by atoms with van der Waals surface area (Å²) in [5.41, 5.74) is 0.931. The number of nitrogens with zero attached hydrogens (tertiary/aromatic N) is 2. The number of ether oxygens (including phenoxy) is 1. The van der Waals surface area contributed by atoms with Crippen LogP contribution in [0.25, 0.3) is 0 Å². The minimum atomic E-state index is -0.956. The first-order valence-corrected chi connectivity index (χ1v) is 8.57. The zero-order valence-corrected chi connectivity index (χ0v) is 14.1. The number of hydroxylamine groups is 3. The molecule has 2 saturated heterocycles. The number of quaternary nitrogens is 1. The molecular weight excluding hydrogens is 323 g/mol. The second kappa shape index (κ2) is 6.63. The summed E-state index contributed by atoms with van der Waals surface area (Å²) in [5, 5.41) is 13.1. The summed E-state index contributed by atoms with van der Waals surface area (Å²) in [5.74, 6) is 0. The van der Waals surface area contributed by atoms with E-state index in [2.05, 4.69) is 4.90 Å². The van der Waals surface area contributed by atoms with Crippen LogP contribution in [0, 0.1) is 5.21 Å². The Morgan fingerprint density at radius 2 is 1.91 bits per heavy atom. The van der Waals surface area contributed by atoms with Gasteiger partial charge in [0, 0.05) is 31.6 Å². The van der Waals surface area contributed by atoms with Crippen molar-refractivity contribution in [2.24, 2.45) is 0 Å². The van der Waals surface area contributed by atoms with Crippen molar-refractivity contribution in [3.05, 3.63) is 41.1 Å². The van der Waals surface area contributed by atoms with Crippen molar-refractivity contribution in [1.82, 2.24) is 4.90 Å². The van der Waals surface area contributed by atoms with E-state index in [0.29, 0.717) is 6.54 Å². The van der Waals surface area contributed by atoms with Gasteiger partial charge in [-0.05, 0) is 0 Å². The molecule has 2 fully saturated rings. The maximum absolute atomic E-state index is 13.1. The summed E-state index contributed by atoms with van der Waals surface area (Å²) in [4.78, 5) is 2.35. The van der Waals surface area contributed by atoms with Crippen LogP contribution in [-0.4, -0.2) is 59.8 Å². The first-order valence-electron chi connectivity index (χ1n) is 7.82. The molecule has 2 unspecified atom stereocenters. The smallest absolute Gasteiger partial charge is 0.222 e. The fourth-order valence-electron chi connectivity index (χ4n) is 3.51. The Hall–Kier alpha value is -0.360. The standard InChI is InChI=1S/C16H22Cl2N2O2/c17-16(18)13-20(21,15(16)14-5-2-1-3-6-14)10-4-7-19-8-11-22-12-9-19/h1-3,5-6,15H,4,7-13H2. The van der Waals surface area contributed by atoms with Crippen molar-refractivity contribution in [2.75, 3.05) is 45.9 Å². The molecule has 0 saturated carbocycles. The maximum Gasteiger partial charge on any atom is 0.222 e. The van der Waals surface area contributed by atoms with Crippen LogP contribution < -0.4 is 0 Å². The molecule has 4 nitrogen and oxygen atoms in total. The molecule has 0 spiro atoms. The lowest BCUT2D eigenvalue weighted by molar-refractivity contribution is -0.954. The molecule has 1 aromatic rings. The highest BCUT2D eigenvalue weighted by atomic mass is 35.5. The van der Waals surface area contributed by atoms with Crippen molar-refractivity contribution in [1.29, 1.82) is 0 Å². The topological polar surface area (TPSA) is 35.5 Å². The number of hydrogen-bond donors (Lipinski definition) is 0. The van der Waals surface area contributed by atoms with Crippen LogP contribution in [0.1, 0.15) is 18.0 Å². The van der Waals surface area contributed by atoms with E-state index >= 15 is 0 Å². The van der Waals surface area contributed by atoms with Gasteiger partial charge in [-0.2, -0.15) is 0 Å². The summed E-state index contributed by atoms with van der Waals surface area (Å²) >= 11 is 12.7. The first-order chi connectivity index (χ1) is 10.5. The largest absolute Gasteiger partial charge is 0.632 e. The van der Waals surface area contributed by atoms with Crippen LogP contribution in [0.4, 0.5) is 0 Å². The van der Waals surface area contributed by atoms with Gasteiger partial charge in [0.05, 0.1) is 19.8 Å². The molecule has 0 radical (unpaired) electrons. The molecule has 3 rings (SSSR count). The molecule has 2 heterocycles. The molecule has 6 heteroatoms. The Labute approximate surface area is 141 Å². The summed E-state index contributed by atoms with van der Waals surface area (Å²) in [6.07, 6.45) is 0.858. The Bertz CT molecular complexity index is 494. The highest BCUT2D eigenvalue weighted by Gasteiger charge is 2.60. The van der Waals surface area contributed by atoms with Gasteiger partial charge >= 0.3 is 0 Å². The lowest BCUT2D eigenvalue weighted by atomic mass is 9.92. The van der Waals surface area contributed by atoms with Crippen LogP contribution >= 0.6 is 23.2 Å². The van der Waals surface area contributed by atoms with Gasteiger partial charge in [0.25, 0.3) is 0 Å². The van der Waals surface area contributed by atoms with Gasteiger partial charge in [-0.3, -0.25) is 4.90 Å². The highest BCUT2D eigenvalue weighted by Crippen LogP contribution is 2.54. The molecule has 0 bridgehead atoms. The zero-order chi connectivity index (χ0) is 15.6. The lowest BCUT2D eigenvalue weighted by Crippen LogP contribution is -2.68. The molecule has 2 aliphatic heterocycles. The van der Waals surface area contributed by atoms with Crippen molar-refractivity contribution in [2.45, 2.75) is 16.8 Å². The SMILES string of the molecule is [O-][N+]1(CCCN2CCOCC2)CC(Cl)(Cl)C1c1ccccc1. The molecule has 0 aromatic heterocycles. The van der Waals surface area contributed by atoms with Gasteiger partial charge in [-0.15, -0.1) is 0 Å². The fraction of sp³-hybridized carbons (Fsp3) is 0.625. The molecule has 1 aromatic carbocycles. The third-order valence-electron chi connectivity index (χ3n) is 4.58. The fourth-order valence-corrected chi connectivity index (χ4v) is 4.52. The van der Waals surface area contributed by atoms with Gasteiger partial charge in [0.2, 0.25) is 4.33 Å². The van der Waals surface area contributed by atoms with Gasteiger partial charge < -0.3 is 14.6 Å². The summed E-state index contributed by atoms with van der Waals surface area (Å²) in [7, 11) is 0. The van der Waals surface area contributed by atoms with E-state index in [4.69, 9.17) is 27.9 Å². The molecule has 0 amide bonds. The Balaban J connectivity index is 1.59. The lowest BCUT2D eigenvalue weighted by Gasteiger charge is -2.62. The Kier molecular flexibility index (Phi) is 4.98.